The fraction of sp³-hybridized carbons (Fsp3) is 0.136. The molecule has 5 rings (SSSR count). The quantitative estimate of drug-likeness (QED) is 0.495. The molecule has 1 amide bonds. The molecule has 0 radical (unpaired) electrons. The Labute approximate surface area is 175 Å². The minimum atomic E-state index is -0.690. The first kappa shape index (κ1) is 19.0. The smallest absolute Gasteiger partial charge is 0.258 e. The van der Waals surface area contributed by atoms with Gasteiger partial charge in [0.05, 0.1) is 34.9 Å². The Hall–Kier alpha value is -4.01. The van der Waals surface area contributed by atoms with E-state index >= 15 is 0 Å². The van der Waals surface area contributed by atoms with Crippen LogP contribution in [0.1, 0.15) is 28.9 Å². The summed E-state index contributed by atoms with van der Waals surface area (Å²) in [6.07, 6.45) is 4.27. The largest absolute Gasteiger partial charge is 0.458 e. The van der Waals surface area contributed by atoms with Gasteiger partial charge >= 0.3 is 0 Å². The summed E-state index contributed by atoms with van der Waals surface area (Å²) in [6, 6.07) is 8.06. The topological polar surface area (TPSA) is 101 Å². The molecule has 0 spiro atoms. The second-order valence-electron chi connectivity index (χ2n) is 7.16. The highest BCUT2D eigenvalue weighted by Gasteiger charge is 2.38. The number of nitrogens with one attached hydrogen (secondary N) is 1. The Morgan fingerprint density at radius 1 is 1.26 bits per heavy atom. The number of hydrogen-bond acceptors (Lipinski definition) is 5. The highest BCUT2D eigenvalue weighted by atomic mass is 19.1. The molecule has 0 aliphatic carbocycles. The van der Waals surface area contributed by atoms with E-state index in [1.54, 1.807) is 29.4 Å². The van der Waals surface area contributed by atoms with E-state index in [9.17, 15) is 13.6 Å². The van der Waals surface area contributed by atoms with Crippen LogP contribution in [0.25, 0.3) is 16.5 Å². The average Bonchev–Trinajstić information content (AvgIpc) is 3.42. The van der Waals surface area contributed by atoms with Crippen molar-refractivity contribution in [2.24, 2.45) is 5.73 Å². The molecule has 1 unspecified atom stereocenters. The number of H-pyrrole nitrogens is 1. The molecule has 4 aromatic rings. The van der Waals surface area contributed by atoms with Crippen LogP contribution in [0.3, 0.4) is 0 Å². The van der Waals surface area contributed by atoms with Gasteiger partial charge in [0.2, 0.25) is 0 Å². The molecule has 3 aromatic heterocycles. The first-order valence-corrected chi connectivity index (χ1v) is 9.61. The third-order valence-corrected chi connectivity index (χ3v) is 5.38. The van der Waals surface area contributed by atoms with Gasteiger partial charge in [-0.3, -0.25) is 9.78 Å². The molecule has 3 N–H and O–H groups in total. The van der Waals surface area contributed by atoms with Gasteiger partial charge in [-0.15, -0.1) is 0 Å². The molecular formula is C22H17F2N5O2. The van der Waals surface area contributed by atoms with Crippen molar-refractivity contribution in [2.45, 2.75) is 12.5 Å². The number of carbonyl (C=O) groups excluding carboxylic acids is 1. The zero-order chi connectivity index (χ0) is 21.5. The standard InChI is InChI=1S/C22H17F2N5O2/c23-12-4-5-16(26-10-12)14(9-25)22(30)29-7-6-17-20(28-11-27-17)21(29)19-8-13-15(24)2-1-3-18(13)31-19/h1-5,8-11,21H,6-7,25H2,(H,27,28)/b14-9+. The van der Waals surface area contributed by atoms with E-state index in [1.165, 1.54) is 18.2 Å². The van der Waals surface area contributed by atoms with Gasteiger partial charge in [-0.2, -0.15) is 0 Å². The van der Waals surface area contributed by atoms with Crippen molar-refractivity contribution in [3.8, 4) is 0 Å². The van der Waals surface area contributed by atoms with Crippen molar-refractivity contribution >= 4 is 22.4 Å². The number of aromatic amines is 1. The van der Waals surface area contributed by atoms with Crippen LogP contribution >= 0.6 is 0 Å². The molecule has 1 aliphatic rings. The van der Waals surface area contributed by atoms with Gasteiger partial charge in [0.25, 0.3) is 5.91 Å². The Balaban J connectivity index is 1.60. The molecule has 156 valence electrons. The molecule has 1 aliphatic heterocycles. The molecule has 1 atom stereocenters. The van der Waals surface area contributed by atoms with Gasteiger partial charge in [0.1, 0.15) is 29.0 Å². The number of amides is 1. The van der Waals surface area contributed by atoms with Gasteiger partial charge < -0.3 is 20.0 Å². The number of furan rings is 1. The third kappa shape index (κ3) is 3.14. The lowest BCUT2D eigenvalue weighted by Gasteiger charge is -2.34. The van der Waals surface area contributed by atoms with Crippen molar-refractivity contribution in [2.75, 3.05) is 6.54 Å². The van der Waals surface area contributed by atoms with E-state index in [0.29, 0.717) is 35.4 Å². The van der Waals surface area contributed by atoms with Gasteiger partial charge in [-0.1, -0.05) is 6.07 Å². The zero-order valence-electron chi connectivity index (χ0n) is 16.2. The predicted octanol–water partition coefficient (Wildman–Crippen LogP) is 3.30. The lowest BCUT2D eigenvalue weighted by molar-refractivity contribution is -0.127. The lowest BCUT2D eigenvalue weighted by atomic mass is 9.98. The van der Waals surface area contributed by atoms with Crippen molar-refractivity contribution in [1.82, 2.24) is 19.9 Å². The minimum absolute atomic E-state index is 0.117. The van der Waals surface area contributed by atoms with Crippen LogP contribution in [-0.2, 0) is 11.2 Å². The van der Waals surface area contributed by atoms with E-state index in [4.69, 9.17) is 10.2 Å². The number of carbonyl (C=O) groups is 1. The summed E-state index contributed by atoms with van der Waals surface area (Å²) in [5, 5.41) is 0.322. The number of nitrogens with zero attached hydrogens (tertiary/aromatic N) is 3. The zero-order valence-corrected chi connectivity index (χ0v) is 16.2. The highest BCUT2D eigenvalue weighted by Crippen LogP contribution is 2.38. The maximum absolute atomic E-state index is 14.3. The molecule has 0 saturated heterocycles. The first-order valence-electron chi connectivity index (χ1n) is 9.61. The summed E-state index contributed by atoms with van der Waals surface area (Å²) in [5.74, 6) is -0.971. The number of aromatic nitrogens is 3. The highest BCUT2D eigenvalue weighted by molar-refractivity contribution is 6.19. The fourth-order valence-electron chi connectivity index (χ4n) is 3.92. The van der Waals surface area contributed by atoms with Crippen LogP contribution in [0.4, 0.5) is 8.78 Å². The number of hydrogen-bond donors (Lipinski definition) is 2. The SMILES string of the molecule is N/C=C(/C(=O)N1CCc2[nH]cnc2C1c1cc2c(F)cccc2o1)c1ccc(F)cn1. The second-order valence-corrected chi connectivity index (χ2v) is 7.16. The minimum Gasteiger partial charge on any atom is -0.458 e. The summed E-state index contributed by atoms with van der Waals surface area (Å²) in [6.45, 7) is 0.344. The molecule has 31 heavy (non-hydrogen) atoms. The van der Waals surface area contributed by atoms with Crippen molar-refractivity contribution < 1.29 is 18.0 Å². The molecule has 7 nitrogen and oxygen atoms in total. The molecule has 0 fully saturated rings. The van der Waals surface area contributed by atoms with Crippen molar-refractivity contribution in [3.63, 3.8) is 0 Å². The fourth-order valence-corrected chi connectivity index (χ4v) is 3.92. The predicted molar refractivity (Wildman–Crippen MR) is 108 cm³/mol. The Bertz CT molecular complexity index is 1310. The number of halogens is 2. The van der Waals surface area contributed by atoms with Gasteiger partial charge in [0.15, 0.2) is 0 Å². The number of pyridine rings is 1. The molecule has 1 aromatic carbocycles. The van der Waals surface area contributed by atoms with Crippen LogP contribution in [0.15, 0.2) is 59.5 Å². The summed E-state index contributed by atoms with van der Waals surface area (Å²) in [5.41, 5.74) is 7.97. The summed E-state index contributed by atoms with van der Waals surface area (Å²) >= 11 is 0. The van der Waals surface area contributed by atoms with E-state index in [1.807, 2.05) is 0 Å². The number of fused-ring (bicyclic) bond motifs is 2. The first-order chi connectivity index (χ1) is 15.1. The van der Waals surface area contributed by atoms with Gasteiger partial charge in [-0.25, -0.2) is 13.8 Å². The summed E-state index contributed by atoms with van der Waals surface area (Å²) in [7, 11) is 0. The van der Waals surface area contributed by atoms with E-state index < -0.39 is 23.6 Å². The van der Waals surface area contributed by atoms with E-state index in [-0.39, 0.29) is 11.3 Å². The summed E-state index contributed by atoms with van der Waals surface area (Å²) in [4.78, 5) is 26.5. The monoisotopic (exact) mass is 421 g/mol. The Kier molecular flexibility index (Phi) is 4.50. The number of benzene rings is 1. The maximum Gasteiger partial charge on any atom is 0.258 e. The molecule has 4 heterocycles. The van der Waals surface area contributed by atoms with Crippen LogP contribution < -0.4 is 5.73 Å². The number of rotatable bonds is 3. The van der Waals surface area contributed by atoms with Crippen LogP contribution in [-0.4, -0.2) is 32.3 Å². The van der Waals surface area contributed by atoms with E-state index in [2.05, 4.69) is 15.0 Å². The number of imidazole rings is 1. The van der Waals surface area contributed by atoms with Crippen molar-refractivity contribution in [3.05, 3.63) is 89.6 Å². The van der Waals surface area contributed by atoms with Gasteiger partial charge in [-0.05, 0) is 30.3 Å². The molecular weight excluding hydrogens is 404 g/mol. The van der Waals surface area contributed by atoms with E-state index in [0.717, 1.165) is 18.1 Å². The lowest BCUT2D eigenvalue weighted by Crippen LogP contribution is -2.41. The number of nitrogens with two attached hydrogens (primary N) is 1. The van der Waals surface area contributed by atoms with Crippen LogP contribution in [0, 0.1) is 11.6 Å². The van der Waals surface area contributed by atoms with Gasteiger partial charge in [0, 0.05) is 24.9 Å². The average molecular weight is 421 g/mol. The van der Waals surface area contributed by atoms with Crippen molar-refractivity contribution in [1.29, 1.82) is 0 Å². The maximum atomic E-state index is 14.3. The molecule has 0 bridgehead atoms. The Morgan fingerprint density at radius 3 is 2.87 bits per heavy atom. The Morgan fingerprint density at radius 2 is 2.13 bits per heavy atom. The third-order valence-electron chi connectivity index (χ3n) is 5.38. The molecule has 0 saturated carbocycles. The second kappa shape index (κ2) is 7.35. The normalized spacial score (nSPS) is 16.5. The summed E-state index contributed by atoms with van der Waals surface area (Å²) < 4.78 is 33.5. The molecule has 9 heteroatoms. The van der Waals surface area contributed by atoms with Crippen LogP contribution in [0.2, 0.25) is 0 Å². The van der Waals surface area contributed by atoms with Crippen LogP contribution in [0.5, 0.6) is 0 Å².